The van der Waals surface area contributed by atoms with E-state index in [9.17, 15) is 4.39 Å². The molecule has 0 aromatic heterocycles. The van der Waals surface area contributed by atoms with Crippen LogP contribution in [0.5, 0.6) is 0 Å². The molecule has 1 heterocycles. The number of nitrogens with zero attached hydrogens (tertiary/aromatic N) is 1. The Morgan fingerprint density at radius 3 is 2.50 bits per heavy atom. The molecule has 1 fully saturated rings. The van der Waals surface area contributed by atoms with Gasteiger partial charge < -0.3 is 10.6 Å². The van der Waals surface area contributed by atoms with Gasteiger partial charge in [0, 0.05) is 25.7 Å². The van der Waals surface area contributed by atoms with E-state index >= 15 is 0 Å². The number of piperidine rings is 1. The zero-order valence-electron chi connectivity index (χ0n) is 11.1. The van der Waals surface area contributed by atoms with Crippen molar-refractivity contribution in [3.63, 3.8) is 0 Å². The average molecular weight is 250 g/mol. The maximum Gasteiger partial charge on any atom is 0.103 e. The molecule has 18 heavy (non-hydrogen) atoms. The molecule has 0 unspecified atom stereocenters. The molecule has 1 aromatic carbocycles. The molecule has 1 saturated heterocycles. The van der Waals surface area contributed by atoms with Gasteiger partial charge in [0.25, 0.3) is 0 Å². The molecule has 0 bridgehead atoms. The van der Waals surface area contributed by atoms with Crippen molar-refractivity contribution in [2.45, 2.75) is 32.0 Å². The van der Waals surface area contributed by atoms with Crippen LogP contribution in [0.3, 0.4) is 0 Å². The Labute approximate surface area is 109 Å². The van der Waals surface area contributed by atoms with Crippen LogP contribution in [0.15, 0.2) is 30.3 Å². The highest BCUT2D eigenvalue weighted by atomic mass is 19.1. The summed E-state index contributed by atoms with van der Waals surface area (Å²) >= 11 is 0. The number of benzene rings is 1. The van der Waals surface area contributed by atoms with Gasteiger partial charge >= 0.3 is 0 Å². The largest absolute Gasteiger partial charge is 0.324 e. The van der Waals surface area contributed by atoms with E-state index < -0.39 is 6.17 Å². The maximum atomic E-state index is 13.1. The molecule has 2 nitrogen and oxygen atoms in total. The number of hydrogen-bond donors (Lipinski definition) is 1. The molecule has 0 spiro atoms. The van der Waals surface area contributed by atoms with Gasteiger partial charge in [0.2, 0.25) is 0 Å². The fourth-order valence-electron chi connectivity index (χ4n) is 2.61. The van der Waals surface area contributed by atoms with Crippen LogP contribution in [0, 0.1) is 5.92 Å². The molecular formula is C15H23FN2. The Bertz CT molecular complexity index is 347. The van der Waals surface area contributed by atoms with Crippen molar-refractivity contribution < 1.29 is 4.39 Å². The molecule has 1 aromatic rings. The lowest BCUT2D eigenvalue weighted by molar-refractivity contribution is 0.131. The third kappa shape index (κ3) is 3.53. The Morgan fingerprint density at radius 2 is 1.89 bits per heavy atom. The van der Waals surface area contributed by atoms with Gasteiger partial charge in [-0.15, -0.1) is 0 Å². The number of nitrogens with two attached hydrogens (primary N) is 1. The van der Waals surface area contributed by atoms with Crippen LogP contribution in [0.2, 0.25) is 0 Å². The summed E-state index contributed by atoms with van der Waals surface area (Å²) in [6.07, 6.45) is 0.750. The summed E-state index contributed by atoms with van der Waals surface area (Å²) in [7, 11) is 0. The van der Waals surface area contributed by atoms with E-state index in [1.807, 2.05) is 18.2 Å². The zero-order chi connectivity index (χ0) is 13.0. The number of likely N-dealkylation sites (tertiary alicyclic amines) is 1. The predicted octanol–water partition coefficient (Wildman–Crippen LogP) is 2.76. The summed E-state index contributed by atoms with van der Waals surface area (Å²) < 4.78 is 13.1. The maximum absolute atomic E-state index is 13.1. The number of alkyl halides is 1. The van der Waals surface area contributed by atoms with Gasteiger partial charge in [-0.3, -0.25) is 0 Å². The molecular weight excluding hydrogens is 227 g/mol. The first-order valence-corrected chi connectivity index (χ1v) is 6.84. The normalized spacial score (nSPS) is 21.7. The summed E-state index contributed by atoms with van der Waals surface area (Å²) in [6, 6.07) is 10.3. The highest BCUT2D eigenvalue weighted by Gasteiger charge is 2.22. The van der Waals surface area contributed by atoms with Crippen LogP contribution in [0.1, 0.15) is 31.4 Å². The van der Waals surface area contributed by atoms with Gasteiger partial charge in [0.15, 0.2) is 0 Å². The second-order valence-electron chi connectivity index (χ2n) is 5.39. The summed E-state index contributed by atoms with van der Waals surface area (Å²) in [5.41, 5.74) is 7.47. The lowest BCUT2D eigenvalue weighted by Crippen LogP contribution is -2.39. The zero-order valence-corrected chi connectivity index (χ0v) is 11.1. The molecule has 2 N–H and O–H groups in total. The fourth-order valence-corrected chi connectivity index (χ4v) is 2.61. The Balaban J connectivity index is 1.86. The minimum atomic E-state index is -0.598. The molecule has 0 radical (unpaired) electrons. The average Bonchev–Trinajstić information content (AvgIpc) is 2.41. The third-order valence-corrected chi connectivity index (χ3v) is 3.86. The Kier molecular flexibility index (Phi) is 4.72. The highest BCUT2D eigenvalue weighted by molar-refractivity contribution is 5.19. The topological polar surface area (TPSA) is 29.3 Å². The summed E-state index contributed by atoms with van der Waals surface area (Å²) in [6.45, 7) is 4.88. The lowest BCUT2D eigenvalue weighted by Gasteiger charge is -2.32. The first-order valence-electron chi connectivity index (χ1n) is 6.84. The minimum absolute atomic E-state index is 0.0642. The van der Waals surface area contributed by atoms with Crippen molar-refractivity contribution in [3.8, 4) is 0 Å². The van der Waals surface area contributed by atoms with Gasteiger partial charge in [-0.2, -0.15) is 0 Å². The van der Waals surface area contributed by atoms with E-state index in [4.69, 9.17) is 5.73 Å². The predicted molar refractivity (Wildman–Crippen MR) is 73.1 cm³/mol. The smallest absolute Gasteiger partial charge is 0.103 e. The molecule has 100 valence electrons. The van der Waals surface area contributed by atoms with Gasteiger partial charge in [-0.05, 0) is 24.3 Å². The van der Waals surface area contributed by atoms with Crippen molar-refractivity contribution in [1.29, 1.82) is 0 Å². The van der Waals surface area contributed by atoms with Crippen LogP contribution in [0.25, 0.3) is 0 Å². The molecule has 2 atom stereocenters. The fraction of sp³-hybridized carbons (Fsp3) is 0.600. The van der Waals surface area contributed by atoms with Crippen LogP contribution < -0.4 is 5.73 Å². The molecule has 0 saturated carbocycles. The van der Waals surface area contributed by atoms with Crippen molar-refractivity contribution in [1.82, 2.24) is 4.90 Å². The highest BCUT2D eigenvalue weighted by Crippen LogP contribution is 2.22. The van der Waals surface area contributed by atoms with E-state index in [-0.39, 0.29) is 6.04 Å². The van der Waals surface area contributed by atoms with Crippen molar-refractivity contribution in [3.05, 3.63) is 35.9 Å². The van der Waals surface area contributed by atoms with Gasteiger partial charge in [-0.25, -0.2) is 4.39 Å². The standard InChI is InChI=1S/C15H23FN2/c1-12(11-18-9-7-14(16)8-10-18)15(17)13-5-3-2-4-6-13/h2-6,12,14-15H,7-11,17H2,1H3/t12-,15+/m0/s1. The number of rotatable bonds is 4. The van der Waals surface area contributed by atoms with Crippen molar-refractivity contribution in [2.24, 2.45) is 11.7 Å². The molecule has 3 heteroatoms. The summed E-state index contributed by atoms with van der Waals surface area (Å²) in [4.78, 5) is 2.34. The monoisotopic (exact) mass is 250 g/mol. The second-order valence-corrected chi connectivity index (χ2v) is 5.39. The van der Waals surface area contributed by atoms with Gasteiger partial charge in [0.1, 0.15) is 6.17 Å². The van der Waals surface area contributed by atoms with Crippen LogP contribution >= 0.6 is 0 Å². The molecule has 1 aliphatic heterocycles. The van der Waals surface area contributed by atoms with E-state index in [2.05, 4.69) is 24.0 Å². The Morgan fingerprint density at radius 1 is 1.28 bits per heavy atom. The molecule has 0 amide bonds. The quantitative estimate of drug-likeness (QED) is 0.890. The SMILES string of the molecule is C[C@@H](CN1CCC(F)CC1)[C@@H](N)c1ccccc1. The molecule has 2 rings (SSSR count). The minimum Gasteiger partial charge on any atom is -0.324 e. The third-order valence-electron chi connectivity index (χ3n) is 3.86. The number of hydrogen-bond acceptors (Lipinski definition) is 2. The summed E-state index contributed by atoms with van der Waals surface area (Å²) in [5, 5.41) is 0. The van der Waals surface area contributed by atoms with Crippen molar-refractivity contribution in [2.75, 3.05) is 19.6 Å². The van der Waals surface area contributed by atoms with Gasteiger partial charge in [-0.1, -0.05) is 37.3 Å². The van der Waals surface area contributed by atoms with Crippen LogP contribution in [-0.2, 0) is 0 Å². The molecule has 0 aliphatic carbocycles. The van der Waals surface area contributed by atoms with E-state index in [0.29, 0.717) is 18.8 Å². The first kappa shape index (κ1) is 13.5. The van der Waals surface area contributed by atoms with Gasteiger partial charge in [0.05, 0.1) is 0 Å². The van der Waals surface area contributed by atoms with E-state index in [1.165, 1.54) is 5.56 Å². The van der Waals surface area contributed by atoms with Crippen LogP contribution in [0.4, 0.5) is 4.39 Å². The summed E-state index contributed by atoms with van der Waals surface area (Å²) in [5.74, 6) is 0.392. The Hall–Kier alpha value is -0.930. The second kappa shape index (κ2) is 6.30. The number of halogens is 1. The van der Waals surface area contributed by atoms with E-state index in [1.54, 1.807) is 0 Å². The van der Waals surface area contributed by atoms with Crippen molar-refractivity contribution >= 4 is 0 Å². The molecule has 1 aliphatic rings. The van der Waals surface area contributed by atoms with Crippen LogP contribution in [-0.4, -0.2) is 30.7 Å². The lowest BCUT2D eigenvalue weighted by atomic mass is 9.94. The first-order chi connectivity index (χ1) is 8.66. The van der Waals surface area contributed by atoms with E-state index in [0.717, 1.165) is 19.6 Å².